The van der Waals surface area contributed by atoms with Crippen LogP contribution in [0.3, 0.4) is 0 Å². The van der Waals surface area contributed by atoms with Crippen molar-refractivity contribution < 1.29 is 9.53 Å². The van der Waals surface area contributed by atoms with Crippen LogP contribution in [0.4, 0.5) is 0 Å². The van der Waals surface area contributed by atoms with Crippen LogP contribution in [0, 0.1) is 6.92 Å². The maximum absolute atomic E-state index is 11.7. The summed E-state index contributed by atoms with van der Waals surface area (Å²) in [6, 6.07) is 7.99. The summed E-state index contributed by atoms with van der Waals surface area (Å²) in [6.07, 6.45) is 7.90. The lowest BCUT2D eigenvalue weighted by Crippen LogP contribution is -2.02. The highest BCUT2D eigenvalue weighted by molar-refractivity contribution is 6.00. The number of imidazole rings is 1. The van der Waals surface area contributed by atoms with Gasteiger partial charge >= 0.3 is 5.97 Å². The van der Waals surface area contributed by atoms with Crippen LogP contribution in [0.2, 0.25) is 0 Å². The molecule has 6 nitrogen and oxygen atoms in total. The lowest BCUT2D eigenvalue weighted by molar-refractivity contribution is -0.131. The number of nitrogens with zero attached hydrogens (tertiary/aromatic N) is 4. The van der Waals surface area contributed by atoms with Crippen molar-refractivity contribution in [2.45, 2.75) is 59.4 Å². The van der Waals surface area contributed by atoms with Crippen LogP contribution in [-0.2, 0) is 11.3 Å². The minimum Gasteiger partial charge on any atom is -0.424 e. The number of aryl methyl sites for hydroxylation is 2. The Kier molecular flexibility index (Phi) is 5.03. The number of unbranched alkanes of at least 4 members (excludes halogenated alkanes) is 4. The van der Waals surface area contributed by atoms with E-state index in [0.717, 1.165) is 46.5 Å². The molecule has 0 atom stereocenters. The molecule has 0 aliphatic heterocycles. The van der Waals surface area contributed by atoms with E-state index in [4.69, 9.17) is 14.7 Å². The van der Waals surface area contributed by atoms with Gasteiger partial charge in [0.1, 0.15) is 16.9 Å². The van der Waals surface area contributed by atoms with E-state index in [9.17, 15) is 4.79 Å². The van der Waals surface area contributed by atoms with Crippen molar-refractivity contribution in [2.24, 2.45) is 0 Å². The number of benzene rings is 1. The zero-order valence-corrected chi connectivity index (χ0v) is 16.7. The van der Waals surface area contributed by atoms with Gasteiger partial charge in [0.25, 0.3) is 0 Å². The molecule has 0 amide bonds. The van der Waals surface area contributed by atoms with Crippen LogP contribution in [-0.4, -0.2) is 24.9 Å². The number of rotatable bonds is 7. The van der Waals surface area contributed by atoms with Gasteiger partial charge in [0, 0.05) is 19.7 Å². The van der Waals surface area contributed by atoms with Gasteiger partial charge in [-0.2, -0.15) is 0 Å². The van der Waals surface area contributed by atoms with Crippen molar-refractivity contribution in [2.75, 3.05) is 0 Å². The third-order valence-corrected chi connectivity index (χ3v) is 5.15. The summed E-state index contributed by atoms with van der Waals surface area (Å²) in [6.45, 7) is 6.49. The van der Waals surface area contributed by atoms with Crippen LogP contribution in [0.5, 0.6) is 5.75 Å². The highest BCUT2D eigenvalue weighted by Crippen LogP contribution is 2.33. The lowest BCUT2D eigenvalue weighted by atomic mass is 10.1. The summed E-state index contributed by atoms with van der Waals surface area (Å²) in [7, 11) is 0. The third kappa shape index (κ3) is 3.23. The normalized spacial score (nSPS) is 11.7. The minimum absolute atomic E-state index is 0.336. The van der Waals surface area contributed by atoms with E-state index in [1.807, 2.05) is 41.8 Å². The number of carbonyl (C=O) groups is 1. The predicted molar refractivity (Wildman–Crippen MR) is 111 cm³/mol. The van der Waals surface area contributed by atoms with Gasteiger partial charge in [-0.1, -0.05) is 44.7 Å². The largest absolute Gasteiger partial charge is 0.424 e. The fourth-order valence-electron chi connectivity index (χ4n) is 3.86. The molecule has 4 aromatic rings. The topological polar surface area (TPSA) is 61.4 Å². The van der Waals surface area contributed by atoms with Crippen molar-refractivity contribution in [3.05, 3.63) is 36.3 Å². The number of hydrogen-bond donors (Lipinski definition) is 0. The molecule has 0 bridgehead atoms. The molecule has 0 aliphatic carbocycles. The van der Waals surface area contributed by atoms with Gasteiger partial charge < -0.3 is 9.30 Å². The fraction of sp³-hybridized carbons (Fsp3) is 0.409. The molecule has 146 valence electrons. The first-order valence-corrected chi connectivity index (χ1v) is 10.0. The highest BCUT2D eigenvalue weighted by atomic mass is 16.5. The Morgan fingerprint density at radius 1 is 1.07 bits per heavy atom. The number of hydrogen-bond acceptors (Lipinski definition) is 4. The summed E-state index contributed by atoms with van der Waals surface area (Å²) in [5, 5.41) is 0.797. The Morgan fingerprint density at radius 2 is 1.86 bits per heavy atom. The summed E-state index contributed by atoms with van der Waals surface area (Å²) < 4.78 is 9.68. The average molecular weight is 378 g/mol. The standard InChI is InChI=1S/C22H26N4O2/c1-4-5-6-7-10-13-25-14-19(28-16(3)27)20-21(25)23-15(2)26-18-12-9-8-11-17(18)24-22(20)26/h8-9,11-12,14H,4-7,10,13H2,1-3H3. The van der Waals surface area contributed by atoms with Crippen LogP contribution in [0.15, 0.2) is 30.5 Å². The molecule has 0 spiro atoms. The second-order valence-corrected chi connectivity index (χ2v) is 7.31. The van der Waals surface area contributed by atoms with E-state index in [1.165, 1.54) is 32.6 Å². The molecule has 3 heterocycles. The van der Waals surface area contributed by atoms with Gasteiger partial charge in [0.15, 0.2) is 11.4 Å². The number of aromatic nitrogens is 4. The smallest absolute Gasteiger partial charge is 0.308 e. The van der Waals surface area contributed by atoms with Crippen molar-refractivity contribution >= 4 is 33.7 Å². The van der Waals surface area contributed by atoms with Gasteiger partial charge in [-0.25, -0.2) is 9.97 Å². The molecular formula is C22H26N4O2. The van der Waals surface area contributed by atoms with Crippen molar-refractivity contribution in [3.8, 4) is 5.75 Å². The maximum atomic E-state index is 11.7. The molecule has 0 unspecified atom stereocenters. The van der Waals surface area contributed by atoms with Crippen LogP contribution < -0.4 is 4.74 Å². The van der Waals surface area contributed by atoms with Gasteiger partial charge in [-0.3, -0.25) is 9.20 Å². The molecule has 0 saturated carbocycles. The van der Waals surface area contributed by atoms with Crippen molar-refractivity contribution in [1.29, 1.82) is 0 Å². The van der Waals surface area contributed by atoms with Crippen LogP contribution >= 0.6 is 0 Å². The maximum Gasteiger partial charge on any atom is 0.308 e. The van der Waals surface area contributed by atoms with Gasteiger partial charge in [0.2, 0.25) is 0 Å². The zero-order chi connectivity index (χ0) is 19.7. The van der Waals surface area contributed by atoms with Crippen LogP contribution in [0.25, 0.3) is 27.7 Å². The van der Waals surface area contributed by atoms with Crippen molar-refractivity contribution in [1.82, 2.24) is 18.9 Å². The Hall–Kier alpha value is -2.89. The molecule has 0 N–H and O–H groups in total. The molecule has 3 aromatic heterocycles. The molecule has 0 radical (unpaired) electrons. The summed E-state index contributed by atoms with van der Waals surface area (Å²) in [4.78, 5) is 21.4. The third-order valence-electron chi connectivity index (χ3n) is 5.15. The minimum atomic E-state index is -0.336. The van der Waals surface area contributed by atoms with Crippen LogP contribution in [0.1, 0.15) is 51.8 Å². The van der Waals surface area contributed by atoms with E-state index in [0.29, 0.717) is 5.75 Å². The Bertz CT molecular complexity index is 1160. The summed E-state index contributed by atoms with van der Waals surface area (Å²) in [5.74, 6) is 1.07. The van der Waals surface area contributed by atoms with Gasteiger partial charge in [0.05, 0.1) is 11.0 Å². The number of para-hydroxylation sites is 2. The molecule has 28 heavy (non-hydrogen) atoms. The summed E-state index contributed by atoms with van der Waals surface area (Å²) in [5.41, 5.74) is 3.52. The first-order chi connectivity index (χ1) is 13.6. The monoisotopic (exact) mass is 378 g/mol. The Balaban J connectivity index is 1.86. The molecule has 1 aromatic carbocycles. The van der Waals surface area contributed by atoms with E-state index in [-0.39, 0.29) is 5.97 Å². The van der Waals surface area contributed by atoms with E-state index in [2.05, 4.69) is 11.5 Å². The average Bonchev–Trinajstić information content (AvgIpc) is 3.20. The second-order valence-electron chi connectivity index (χ2n) is 7.31. The molecule has 0 fully saturated rings. The molecular weight excluding hydrogens is 352 g/mol. The van der Waals surface area contributed by atoms with Crippen molar-refractivity contribution in [3.63, 3.8) is 0 Å². The van der Waals surface area contributed by atoms with E-state index >= 15 is 0 Å². The molecule has 4 rings (SSSR count). The molecule has 0 aliphatic rings. The number of carbonyl (C=O) groups excluding carboxylic acids is 1. The first kappa shape index (κ1) is 18.5. The van der Waals surface area contributed by atoms with E-state index < -0.39 is 0 Å². The Morgan fingerprint density at radius 3 is 2.64 bits per heavy atom. The number of fused-ring (bicyclic) bond motifs is 5. The second kappa shape index (κ2) is 7.62. The number of esters is 1. The number of ether oxygens (including phenoxy) is 1. The first-order valence-electron chi connectivity index (χ1n) is 10.0. The van der Waals surface area contributed by atoms with E-state index in [1.54, 1.807) is 0 Å². The fourth-order valence-corrected chi connectivity index (χ4v) is 3.86. The lowest BCUT2D eigenvalue weighted by Gasteiger charge is -2.07. The predicted octanol–water partition coefficient (Wildman–Crippen LogP) is 5.04. The van der Waals surface area contributed by atoms with Gasteiger partial charge in [-0.15, -0.1) is 0 Å². The van der Waals surface area contributed by atoms with Gasteiger partial charge in [-0.05, 0) is 25.5 Å². The quantitative estimate of drug-likeness (QED) is 0.334. The molecule has 6 heteroatoms. The zero-order valence-electron chi connectivity index (χ0n) is 16.7. The summed E-state index contributed by atoms with van der Waals surface area (Å²) >= 11 is 0. The Labute approximate surface area is 164 Å². The molecule has 0 saturated heterocycles. The highest BCUT2D eigenvalue weighted by Gasteiger charge is 2.20. The SMILES string of the molecule is CCCCCCCn1cc(OC(C)=O)c2c1nc(C)n1c3ccccc3nc21.